The maximum Gasteiger partial charge on any atom is 0.326 e. The molecule has 1 unspecified atom stereocenters. The fourth-order valence-corrected chi connectivity index (χ4v) is 2.36. The maximum absolute atomic E-state index is 11.8. The van der Waals surface area contributed by atoms with Gasteiger partial charge in [0, 0.05) is 13.0 Å². The van der Waals surface area contributed by atoms with E-state index in [0.717, 1.165) is 5.56 Å². The lowest BCUT2D eigenvalue weighted by molar-refractivity contribution is -0.146. The first-order chi connectivity index (χ1) is 9.56. The van der Waals surface area contributed by atoms with E-state index in [9.17, 15) is 9.59 Å². The average Bonchev–Trinajstić information content (AvgIpc) is 2.80. The third-order valence-corrected chi connectivity index (χ3v) is 3.41. The number of hydrogen-bond acceptors (Lipinski definition) is 4. The maximum atomic E-state index is 11.8. The van der Waals surface area contributed by atoms with Crippen LogP contribution in [0.1, 0.15) is 18.4 Å². The Labute approximate surface area is 116 Å². The number of benzene rings is 1. The Hall–Kier alpha value is -2.24. The van der Waals surface area contributed by atoms with Crippen molar-refractivity contribution in [2.24, 2.45) is 0 Å². The molecule has 1 aromatic rings. The molecule has 0 aliphatic carbocycles. The summed E-state index contributed by atoms with van der Waals surface area (Å²) in [5.41, 5.74) is 0.809. The van der Waals surface area contributed by atoms with Crippen LogP contribution in [0, 0.1) is 0 Å². The van der Waals surface area contributed by atoms with Gasteiger partial charge in [-0.05, 0) is 24.1 Å². The van der Waals surface area contributed by atoms with Gasteiger partial charge in [-0.25, -0.2) is 4.79 Å². The molecule has 1 saturated heterocycles. The third kappa shape index (κ3) is 2.68. The number of rotatable bonds is 5. The van der Waals surface area contributed by atoms with Crippen LogP contribution in [0.2, 0.25) is 0 Å². The standard InChI is InChI=1S/C14H17NO5/c1-19-11-5-3-9(7-12(11)20-2)8-15-10(14(17)18)4-6-13(15)16/h3,5,7,10H,4,6,8H2,1-2H3,(H,17,18). The zero-order valence-corrected chi connectivity index (χ0v) is 11.5. The fourth-order valence-electron chi connectivity index (χ4n) is 2.36. The number of carboxylic acid groups (broad SMARTS) is 1. The number of carboxylic acids is 1. The van der Waals surface area contributed by atoms with Gasteiger partial charge in [-0.15, -0.1) is 0 Å². The first-order valence-electron chi connectivity index (χ1n) is 6.30. The molecule has 1 N–H and O–H groups in total. The average molecular weight is 279 g/mol. The van der Waals surface area contributed by atoms with Gasteiger partial charge in [-0.1, -0.05) is 6.07 Å². The summed E-state index contributed by atoms with van der Waals surface area (Å²) < 4.78 is 10.3. The summed E-state index contributed by atoms with van der Waals surface area (Å²) in [5, 5.41) is 9.12. The number of likely N-dealkylation sites (tertiary alicyclic amines) is 1. The number of nitrogens with zero attached hydrogens (tertiary/aromatic N) is 1. The lowest BCUT2D eigenvalue weighted by Gasteiger charge is -2.22. The Balaban J connectivity index is 2.20. The van der Waals surface area contributed by atoms with E-state index < -0.39 is 12.0 Å². The summed E-state index contributed by atoms with van der Waals surface area (Å²) in [4.78, 5) is 24.3. The first-order valence-corrected chi connectivity index (χ1v) is 6.30. The van der Waals surface area contributed by atoms with Gasteiger partial charge in [0.05, 0.1) is 14.2 Å². The molecule has 0 radical (unpaired) electrons. The number of ether oxygens (including phenoxy) is 2. The van der Waals surface area contributed by atoms with Crippen molar-refractivity contribution in [3.8, 4) is 11.5 Å². The number of methoxy groups -OCH3 is 2. The summed E-state index contributed by atoms with van der Waals surface area (Å²) >= 11 is 0. The lowest BCUT2D eigenvalue weighted by atomic mass is 10.1. The molecule has 0 aromatic heterocycles. The van der Waals surface area contributed by atoms with Crippen molar-refractivity contribution >= 4 is 11.9 Å². The van der Waals surface area contributed by atoms with E-state index in [1.807, 2.05) is 0 Å². The normalized spacial score (nSPS) is 18.2. The minimum Gasteiger partial charge on any atom is -0.493 e. The SMILES string of the molecule is COc1ccc(CN2C(=O)CCC2C(=O)O)cc1OC. The Morgan fingerprint density at radius 2 is 2.05 bits per heavy atom. The summed E-state index contributed by atoms with van der Waals surface area (Å²) in [6.07, 6.45) is 0.645. The highest BCUT2D eigenvalue weighted by Gasteiger charge is 2.35. The molecule has 6 nitrogen and oxygen atoms in total. The van der Waals surface area contributed by atoms with E-state index in [0.29, 0.717) is 17.9 Å². The predicted molar refractivity (Wildman–Crippen MR) is 70.8 cm³/mol. The van der Waals surface area contributed by atoms with E-state index in [-0.39, 0.29) is 18.9 Å². The van der Waals surface area contributed by atoms with Gasteiger partial charge in [0.25, 0.3) is 0 Å². The minimum atomic E-state index is -0.962. The molecule has 2 rings (SSSR count). The van der Waals surface area contributed by atoms with Crippen LogP contribution in [-0.2, 0) is 16.1 Å². The summed E-state index contributed by atoms with van der Waals surface area (Å²) in [7, 11) is 3.07. The van der Waals surface area contributed by atoms with E-state index >= 15 is 0 Å². The second kappa shape index (κ2) is 5.81. The first kappa shape index (κ1) is 14.2. The van der Waals surface area contributed by atoms with Crippen LogP contribution in [0.25, 0.3) is 0 Å². The van der Waals surface area contributed by atoms with Crippen LogP contribution in [0.4, 0.5) is 0 Å². The van der Waals surface area contributed by atoms with Gasteiger partial charge < -0.3 is 19.5 Å². The molecule has 0 saturated carbocycles. The molecular formula is C14H17NO5. The van der Waals surface area contributed by atoms with Crippen LogP contribution in [-0.4, -0.2) is 42.1 Å². The van der Waals surface area contributed by atoms with Crippen molar-refractivity contribution < 1.29 is 24.2 Å². The second-order valence-electron chi connectivity index (χ2n) is 4.60. The monoisotopic (exact) mass is 279 g/mol. The summed E-state index contributed by atoms with van der Waals surface area (Å²) in [6.45, 7) is 0.260. The predicted octanol–water partition coefficient (Wildman–Crippen LogP) is 1.28. The van der Waals surface area contributed by atoms with Crippen LogP contribution in [0.15, 0.2) is 18.2 Å². The van der Waals surface area contributed by atoms with Gasteiger partial charge in [0.15, 0.2) is 11.5 Å². The molecule has 0 bridgehead atoms. The highest BCUT2D eigenvalue weighted by atomic mass is 16.5. The van der Waals surface area contributed by atoms with Gasteiger partial charge in [0.2, 0.25) is 5.91 Å². The zero-order valence-electron chi connectivity index (χ0n) is 11.5. The quantitative estimate of drug-likeness (QED) is 0.878. The highest BCUT2D eigenvalue weighted by Crippen LogP contribution is 2.29. The third-order valence-electron chi connectivity index (χ3n) is 3.41. The molecule has 20 heavy (non-hydrogen) atoms. The van der Waals surface area contributed by atoms with Crippen molar-refractivity contribution in [2.75, 3.05) is 14.2 Å². The van der Waals surface area contributed by atoms with Crippen molar-refractivity contribution in [3.63, 3.8) is 0 Å². The van der Waals surface area contributed by atoms with E-state index in [2.05, 4.69) is 0 Å². The molecular weight excluding hydrogens is 262 g/mol. The molecule has 6 heteroatoms. The zero-order chi connectivity index (χ0) is 14.7. The molecule has 1 heterocycles. The van der Waals surface area contributed by atoms with Crippen LogP contribution in [0.5, 0.6) is 11.5 Å². The number of carbonyl (C=O) groups is 2. The number of aliphatic carboxylic acids is 1. The molecule has 0 spiro atoms. The van der Waals surface area contributed by atoms with Gasteiger partial charge in [0.1, 0.15) is 6.04 Å². The Morgan fingerprint density at radius 1 is 1.35 bits per heavy atom. The number of carbonyl (C=O) groups excluding carboxylic acids is 1. The highest BCUT2D eigenvalue weighted by molar-refractivity contribution is 5.87. The molecule has 108 valence electrons. The minimum absolute atomic E-state index is 0.132. The van der Waals surface area contributed by atoms with Crippen molar-refractivity contribution in [3.05, 3.63) is 23.8 Å². The molecule has 1 amide bonds. The molecule has 1 aliphatic heterocycles. The van der Waals surface area contributed by atoms with Gasteiger partial charge >= 0.3 is 5.97 Å². The number of hydrogen-bond donors (Lipinski definition) is 1. The summed E-state index contributed by atoms with van der Waals surface area (Å²) in [5.74, 6) is 0.0609. The van der Waals surface area contributed by atoms with Crippen molar-refractivity contribution in [2.45, 2.75) is 25.4 Å². The van der Waals surface area contributed by atoms with Gasteiger partial charge in [-0.3, -0.25) is 4.79 Å². The summed E-state index contributed by atoms with van der Waals surface area (Å²) in [6, 6.07) is 4.55. The topological polar surface area (TPSA) is 76.1 Å². The van der Waals surface area contributed by atoms with E-state index in [4.69, 9.17) is 14.6 Å². The smallest absolute Gasteiger partial charge is 0.326 e. The van der Waals surface area contributed by atoms with Crippen molar-refractivity contribution in [1.82, 2.24) is 4.90 Å². The number of amides is 1. The van der Waals surface area contributed by atoms with Crippen LogP contribution < -0.4 is 9.47 Å². The van der Waals surface area contributed by atoms with Crippen molar-refractivity contribution in [1.29, 1.82) is 0 Å². The van der Waals surface area contributed by atoms with E-state index in [1.54, 1.807) is 25.3 Å². The van der Waals surface area contributed by atoms with E-state index in [1.165, 1.54) is 12.0 Å². The second-order valence-corrected chi connectivity index (χ2v) is 4.60. The molecule has 1 aromatic carbocycles. The Morgan fingerprint density at radius 3 is 2.65 bits per heavy atom. The Bertz CT molecular complexity index is 528. The molecule has 1 atom stereocenters. The fraction of sp³-hybridized carbons (Fsp3) is 0.429. The largest absolute Gasteiger partial charge is 0.493 e. The lowest BCUT2D eigenvalue weighted by Crippen LogP contribution is -2.37. The molecule has 1 fully saturated rings. The van der Waals surface area contributed by atoms with Crippen LogP contribution >= 0.6 is 0 Å². The Kier molecular flexibility index (Phi) is 4.12. The van der Waals surface area contributed by atoms with Gasteiger partial charge in [-0.2, -0.15) is 0 Å². The molecule has 1 aliphatic rings. The van der Waals surface area contributed by atoms with Crippen LogP contribution in [0.3, 0.4) is 0 Å².